The third-order valence-electron chi connectivity index (χ3n) is 3.55. The van der Waals surface area contributed by atoms with Crippen molar-refractivity contribution in [2.75, 3.05) is 0 Å². The molecule has 4 rings (SSSR count). The molecule has 96 valence electrons. The van der Waals surface area contributed by atoms with E-state index in [0.29, 0.717) is 27.6 Å². The fraction of sp³-hybridized carbons (Fsp3) is 0. The van der Waals surface area contributed by atoms with Crippen LogP contribution in [0.25, 0.3) is 21.2 Å². The number of nitrogens with zero attached hydrogens (tertiary/aromatic N) is 1. The van der Waals surface area contributed by atoms with Gasteiger partial charge in [-0.15, -0.1) is 0 Å². The molecule has 0 N–H and O–H groups in total. The van der Waals surface area contributed by atoms with Crippen LogP contribution in [0.5, 0.6) is 0 Å². The highest BCUT2D eigenvalue weighted by molar-refractivity contribution is 7.23. The molecule has 3 aromatic rings. The molecule has 1 aromatic heterocycles. The van der Waals surface area contributed by atoms with Gasteiger partial charge in [0.1, 0.15) is 0 Å². The van der Waals surface area contributed by atoms with Gasteiger partial charge in [0.05, 0.1) is 10.5 Å². The molecule has 0 aliphatic heterocycles. The van der Waals surface area contributed by atoms with E-state index in [1.54, 1.807) is 36.4 Å². The first-order chi connectivity index (χ1) is 9.68. The second-order valence-electron chi connectivity index (χ2n) is 4.59. The summed E-state index contributed by atoms with van der Waals surface area (Å²) in [5.74, 6) is -0.0635. The summed E-state index contributed by atoms with van der Waals surface area (Å²) in [6.07, 6.45) is 0. The monoisotopic (exact) mass is 281 g/mol. The molecule has 0 unspecified atom stereocenters. The minimum absolute atomic E-state index is 0.0635. The first-order valence-corrected chi connectivity index (χ1v) is 6.84. The van der Waals surface area contributed by atoms with Crippen molar-refractivity contribution >= 4 is 32.2 Å². The Bertz CT molecular complexity index is 911. The van der Waals surface area contributed by atoms with Crippen LogP contribution in [-0.4, -0.2) is 10.7 Å². The van der Waals surface area contributed by atoms with Crippen LogP contribution in [0, 0.1) is 10.1 Å². The van der Waals surface area contributed by atoms with Crippen LogP contribution in [-0.2, 0) is 0 Å². The maximum atomic E-state index is 12.5. The number of carbonyl (C=O) groups excluding carboxylic acids is 1. The first kappa shape index (κ1) is 11.3. The molecular formula is C15H7NO3S. The van der Waals surface area contributed by atoms with Gasteiger partial charge in [-0.3, -0.25) is 14.9 Å². The standard InChI is InChI=1S/C15H7NO3S/c17-14-9-5-2-1-4-8(9)13-12-10(14)6-3-7-11(12)20-15(13)16(18)19/h1-7H. The topological polar surface area (TPSA) is 60.2 Å². The van der Waals surface area contributed by atoms with Gasteiger partial charge in [-0.2, -0.15) is 0 Å². The molecule has 4 nitrogen and oxygen atoms in total. The number of benzene rings is 2. The summed E-state index contributed by atoms with van der Waals surface area (Å²) in [6.45, 7) is 0. The van der Waals surface area contributed by atoms with Gasteiger partial charge in [-0.1, -0.05) is 47.7 Å². The van der Waals surface area contributed by atoms with Gasteiger partial charge < -0.3 is 0 Å². The number of fused-ring (bicyclic) bond motifs is 2. The second-order valence-corrected chi connectivity index (χ2v) is 5.62. The van der Waals surface area contributed by atoms with Gasteiger partial charge in [-0.25, -0.2) is 0 Å². The number of nitro groups is 1. The van der Waals surface area contributed by atoms with Crippen LogP contribution in [0.4, 0.5) is 5.00 Å². The third-order valence-corrected chi connectivity index (χ3v) is 4.65. The van der Waals surface area contributed by atoms with Gasteiger partial charge >= 0.3 is 5.00 Å². The fourth-order valence-corrected chi connectivity index (χ4v) is 3.81. The van der Waals surface area contributed by atoms with E-state index in [-0.39, 0.29) is 15.7 Å². The zero-order valence-corrected chi connectivity index (χ0v) is 10.9. The first-order valence-electron chi connectivity index (χ1n) is 6.02. The minimum atomic E-state index is -0.365. The van der Waals surface area contributed by atoms with Crippen molar-refractivity contribution in [1.82, 2.24) is 0 Å². The van der Waals surface area contributed by atoms with Gasteiger partial charge in [0.2, 0.25) is 0 Å². The summed E-state index contributed by atoms with van der Waals surface area (Å²) in [4.78, 5) is 23.5. The third kappa shape index (κ3) is 1.27. The molecule has 20 heavy (non-hydrogen) atoms. The zero-order valence-electron chi connectivity index (χ0n) is 10.1. The number of hydrogen-bond donors (Lipinski definition) is 0. The Balaban J connectivity index is 2.28. The molecule has 2 aromatic carbocycles. The molecule has 0 saturated carbocycles. The number of ketones is 1. The van der Waals surface area contributed by atoms with Crippen LogP contribution >= 0.6 is 11.3 Å². The van der Waals surface area contributed by atoms with Crippen molar-refractivity contribution in [1.29, 1.82) is 0 Å². The Morgan fingerprint density at radius 2 is 1.65 bits per heavy atom. The van der Waals surface area contributed by atoms with Crippen LogP contribution in [0.1, 0.15) is 15.9 Å². The average molecular weight is 281 g/mol. The SMILES string of the molecule is O=C1c2ccccc2-c2c([N+](=O)[O-])sc3cccc1c23. The van der Waals surface area contributed by atoms with E-state index < -0.39 is 0 Å². The number of thiophene rings is 1. The smallest absolute Gasteiger partial charge is 0.289 e. The van der Waals surface area contributed by atoms with Crippen molar-refractivity contribution in [2.45, 2.75) is 0 Å². The normalized spacial score (nSPS) is 12.5. The van der Waals surface area contributed by atoms with Crippen molar-refractivity contribution in [2.24, 2.45) is 0 Å². The van der Waals surface area contributed by atoms with Crippen molar-refractivity contribution < 1.29 is 9.72 Å². The highest BCUT2D eigenvalue weighted by Gasteiger charge is 2.32. The molecular weight excluding hydrogens is 274 g/mol. The van der Waals surface area contributed by atoms with Crippen molar-refractivity contribution in [3.63, 3.8) is 0 Å². The van der Waals surface area contributed by atoms with E-state index in [1.807, 2.05) is 6.07 Å². The molecule has 1 aliphatic carbocycles. The molecule has 1 heterocycles. The summed E-state index contributed by atoms with van der Waals surface area (Å²) in [7, 11) is 0. The summed E-state index contributed by atoms with van der Waals surface area (Å²) in [6, 6.07) is 12.4. The Morgan fingerprint density at radius 1 is 0.950 bits per heavy atom. The average Bonchev–Trinajstić information content (AvgIpc) is 2.85. The molecule has 5 heteroatoms. The van der Waals surface area contributed by atoms with Crippen molar-refractivity contribution in [3.8, 4) is 11.1 Å². The van der Waals surface area contributed by atoms with E-state index in [1.165, 1.54) is 0 Å². The summed E-state index contributed by atoms with van der Waals surface area (Å²) in [5.41, 5.74) is 2.34. The maximum Gasteiger partial charge on any atom is 0.333 e. The highest BCUT2D eigenvalue weighted by Crippen LogP contribution is 2.49. The second kappa shape index (κ2) is 3.74. The summed E-state index contributed by atoms with van der Waals surface area (Å²) in [5, 5.41) is 12.1. The predicted molar refractivity (Wildman–Crippen MR) is 77.3 cm³/mol. The number of hydrogen-bond acceptors (Lipinski definition) is 4. The molecule has 0 saturated heterocycles. The Kier molecular flexibility index (Phi) is 2.11. The molecule has 0 bridgehead atoms. The van der Waals surface area contributed by atoms with Gasteiger partial charge in [0.15, 0.2) is 5.78 Å². The quantitative estimate of drug-likeness (QED) is 0.391. The molecule has 1 aliphatic rings. The van der Waals surface area contributed by atoms with Crippen LogP contribution < -0.4 is 0 Å². The van der Waals surface area contributed by atoms with Crippen LogP contribution in [0.15, 0.2) is 42.5 Å². The van der Waals surface area contributed by atoms with Gasteiger partial charge in [0, 0.05) is 26.8 Å². The highest BCUT2D eigenvalue weighted by atomic mass is 32.1. The summed E-state index contributed by atoms with van der Waals surface area (Å²) >= 11 is 1.13. The predicted octanol–water partition coefficient (Wildman–Crippen LogP) is 4.02. The molecule has 0 radical (unpaired) electrons. The summed E-state index contributed by atoms with van der Waals surface area (Å²) < 4.78 is 0.784. The lowest BCUT2D eigenvalue weighted by Gasteiger charge is -2.15. The van der Waals surface area contributed by atoms with Crippen molar-refractivity contribution in [3.05, 3.63) is 63.7 Å². The lowest BCUT2D eigenvalue weighted by Crippen LogP contribution is -2.08. The molecule has 0 atom stereocenters. The largest absolute Gasteiger partial charge is 0.333 e. The molecule has 0 spiro atoms. The fourth-order valence-electron chi connectivity index (χ4n) is 2.75. The number of rotatable bonds is 1. The Labute approximate surface area is 117 Å². The van der Waals surface area contributed by atoms with E-state index in [2.05, 4.69) is 0 Å². The van der Waals surface area contributed by atoms with E-state index >= 15 is 0 Å². The number of carbonyl (C=O) groups is 1. The van der Waals surface area contributed by atoms with Gasteiger partial charge in [0.25, 0.3) is 0 Å². The molecule has 0 fully saturated rings. The van der Waals surface area contributed by atoms with Crippen LogP contribution in [0.3, 0.4) is 0 Å². The molecule has 0 amide bonds. The maximum absolute atomic E-state index is 12.5. The lowest BCUT2D eigenvalue weighted by atomic mass is 9.85. The van der Waals surface area contributed by atoms with Crippen LogP contribution in [0.2, 0.25) is 0 Å². The van der Waals surface area contributed by atoms with Gasteiger partial charge in [-0.05, 0) is 6.07 Å². The van der Waals surface area contributed by atoms with E-state index in [4.69, 9.17) is 0 Å². The van der Waals surface area contributed by atoms with E-state index in [0.717, 1.165) is 16.0 Å². The Morgan fingerprint density at radius 3 is 2.40 bits per heavy atom. The Hall–Kier alpha value is -2.53. The van der Waals surface area contributed by atoms with E-state index in [9.17, 15) is 14.9 Å². The zero-order chi connectivity index (χ0) is 13.9. The minimum Gasteiger partial charge on any atom is -0.289 e. The lowest BCUT2D eigenvalue weighted by molar-refractivity contribution is -0.379.